The number of para-hydroxylation sites is 1. The minimum absolute atomic E-state index is 0.0804. The molecule has 0 saturated heterocycles. The van der Waals surface area contributed by atoms with Gasteiger partial charge in [-0.25, -0.2) is 5.43 Å². The van der Waals surface area contributed by atoms with Crippen LogP contribution < -0.4 is 10.7 Å². The SMILES string of the molecule is O=C(N/N=C/C=C/c1ccccc1[N+](=O)[O-])/C(=C/c1ccc([N+](=O)[O-])cc1)NC(=O)c1ccccc1. The third-order valence-electron chi connectivity index (χ3n) is 4.68. The number of rotatable bonds is 9. The summed E-state index contributed by atoms with van der Waals surface area (Å²) in [5, 5.41) is 28.2. The van der Waals surface area contributed by atoms with Crippen LogP contribution in [0.3, 0.4) is 0 Å². The van der Waals surface area contributed by atoms with Crippen molar-refractivity contribution in [2.24, 2.45) is 5.10 Å². The molecule has 0 bridgehead atoms. The van der Waals surface area contributed by atoms with E-state index in [-0.39, 0.29) is 17.1 Å². The average Bonchev–Trinajstić information content (AvgIpc) is 2.89. The van der Waals surface area contributed by atoms with E-state index in [4.69, 9.17) is 0 Å². The van der Waals surface area contributed by atoms with Gasteiger partial charge in [-0.15, -0.1) is 0 Å². The van der Waals surface area contributed by atoms with Gasteiger partial charge in [-0.3, -0.25) is 29.8 Å². The summed E-state index contributed by atoms with van der Waals surface area (Å²) < 4.78 is 0. The number of hydrogen-bond donors (Lipinski definition) is 2. The maximum absolute atomic E-state index is 12.7. The van der Waals surface area contributed by atoms with Crippen LogP contribution in [0.25, 0.3) is 12.2 Å². The van der Waals surface area contributed by atoms with E-state index >= 15 is 0 Å². The number of hydrazone groups is 1. The molecule has 3 aromatic rings. The second kappa shape index (κ2) is 12.1. The predicted octanol–water partition coefficient (Wildman–Crippen LogP) is 4.09. The number of benzene rings is 3. The normalized spacial score (nSPS) is 11.4. The third-order valence-corrected chi connectivity index (χ3v) is 4.68. The molecule has 2 amide bonds. The second-order valence-electron chi connectivity index (χ2n) is 7.12. The van der Waals surface area contributed by atoms with Gasteiger partial charge in [0.25, 0.3) is 23.2 Å². The summed E-state index contributed by atoms with van der Waals surface area (Å²) in [6, 6.07) is 19.7. The molecule has 0 aliphatic rings. The van der Waals surface area contributed by atoms with Gasteiger partial charge >= 0.3 is 0 Å². The zero-order chi connectivity index (χ0) is 25.9. The predicted molar refractivity (Wildman–Crippen MR) is 134 cm³/mol. The molecule has 0 fully saturated rings. The highest BCUT2D eigenvalue weighted by Gasteiger charge is 2.15. The van der Waals surface area contributed by atoms with Crippen LogP contribution in [0.15, 0.2) is 95.7 Å². The lowest BCUT2D eigenvalue weighted by Crippen LogP contribution is -2.32. The fraction of sp³-hybridized carbons (Fsp3) is 0. The Kier molecular flexibility index (Phi) is 8.49. The standard InChI is InChI=1S/C25H19N5O6/c31-24(20-8-2-1-3-9-20)27-22(17-18-12-14-21(15-13-18)29(33)34)25(32)28-26-16-6-10-19-7-4-5-11-23(19)30(35)36/h1-17H,(H,27,31)(H,28,32)/b10-6+,22-17-,26-16+. The van der Waals surface area contributed by atoms with Gasteiger partial charge in [-0.1, -0.05) is 30.3 Å². The fourth-order valence-corrected chi connectivity index (χ4v) is 2.94. The summed E-state index contributed by atoms with van der Waals surface area (Å²) in [5.74, 6) is -1.30. The molecule has 3 rings (SSSR count). The minimum atomic E-state index is -0.757. The number of nitrogens with one attached hydrogen (secondary N) is 2. The number of carbonyl (C=O) groups is 2. The Bertz CT molecular complexity index is 1370. The molecule has 11 heteroatoms. The number of nitro benzene ring substituents is 2. The highest BCUT2D eigenvalue weighted by Crippen LogP contribution is 2.18. The van der Waals surface area contributed by atoms with Crippen molar-refractivity contribution in [2.75, 3.05) is 0 Å². The summed E-state index contributed by atoms with van der Waals surface area (Å²) in [7, 11) is 0. The van der Waals surface area contributed by atoms with E-state index < -0.39 is 21.7 Å². The highest BCUT2D eigenvalue weighted by molar-refractivity contribution is 6.05. The molecule has 0 spiro atoms. The van der Waals surface area contributed by atoms with Gasteiger partial charge in [0, 0.05) is 30.0 Å². The van der Waals surface area contributed by atoms with Crippen LogP contribution in [0.1, 0.15) is 21.5 Å². The van der Waals surface area contributed by atoms with Gasteiger partial charge in [0.1, 0.15) is 5.70 Å². The first-order valence-electron chi connectivity index (χ1n) is 10.4. The maximum Gasteiger partial charge on any atom is 0.287 e. The van der Waals surface area contributed by atoms with E-state index in [0.29, 0.717) is 16.7 Å². The van der Waals surface area contributed by atoms with Crippen LogP contribution in [0.5, 0.6) is 0 Å². The van der Waals surface area contributed by atoms with Crippen molar-refractivity contribution >= 4 is 41.6 Å². The molecule has 0 saturated carbocycles. The lowest BCUT2D eigenvalue weighted by molar-refractivity contribution is -0.385. The Labute approximate surface area is 204 Å². The topological polar surface area (TPSA) is 157 Å². The molecule has 0 aliphatic heterocycles. The molecule has 0 atom stereocenters. The summed E-state index contributed by atoms with van der Waals surface area (Å²) >= 11 is 0. The second-order valence-corrected chi connectivity index (χ2v) is 7.12. The van der Waals surface area contributed by atoms with E-state index in [0.717, 1.165) is 0 Å². The smallest absolute Gasteiger partial charge is 0.287 e. The Morgan fingerprint density at radius 2 is 1.50 bits per heavy atom. The summed E-state index contributed by atoms with van der Waals surface area (Å²) in [5.41, 5.74) is 3.01. The molecule has 11 nitrogen and oxygen atoms in total. The lowest BCUT2D eigenvalue weighted by Gasteiger charge is -2.09. The Hall–Kier alpha value is -5.45. The first kappa shape index (κ1) is 25.2. The molecule has 0 aliphatic carbocycles. The lowest BCUT2D eigenvalue weighted by atomic mass is 10.1. The number of nitrogens with zero attached hydrogens (tertiary/aromatic N) is 3. The highest BCUT2D eigenvalue weighted by atomic mass is 16.6. The van der Waals surface area contributed by atoms with Gasteiger partial charge in [0.15, 0.2) is 0 Å². The fourth-order valence-electron chi connectivity index (χ4n) is 2.94. The Balaban J connectivity index is 1.77. The van der Waals surface area contributed by atoms with Crippen LogP contribution in [0.4, 0.5) is 11.4 Å². The van der Waals surface area contributed by atoms with Gasteiger partial charge in [-0.2, -0.15) is 5.10 Å². The zero-order valence-electron chi connectivity index (χ0n) is 18.6. The average molecular weight is 485 g/mol. The van der Waals surface area contributed by atoms with Crippen molar-refractivity contribution in [3.8, 4) is 0 Å². The van der Waals surface area contributed by atoms with E-state index in [1.165, 1.54) is 54.8 Å². The molecule has 0 heterocycles. The quantitative estimate of drug-likeness (QED) is 0.201. The number of hydrogen-bond acceptors (Lipinski definition) is 7. The molecule has 2 N–H and O–H groups in total. The molecule has 0 unspecified atom stereocenters. The van der Waals surface area contributed by atoms with E-state index in [9.17, 15) is 29.8 Å². The summed E-state index contributed by atoms with van der Waals surface area (Å²) in [6.45, 7) is 0. The molecule has 180 valence electrons. The van der Waals surface area contributed by atoms with Crippen LogP contribution >= 0.6 is 0 Å². The van der Waals surface area contributed by atoms with E-state index in [1.807, 2.05) is 0 Å². The Morgan fingerprint density at radius 3 is 2.17 bits per heavy atom. The van der Waals surface area contributed by atoms with Gasteiger partial charge in [-0.05, 0) is 54.1 Å². The largest absolute Gasteiger partial charge is 0.317 e. The van der Waals surface area contributed by atoms with Crippen molar-refractivity contribution in [1.29, 1.82) is 0 Å². The van der Waals surface area contributed by atoms with Crippen molar-refractivity contribution in [1.82, 2.24) is 10.7 Å². The number of nitro groups is 2. The molecular weight excluding hydrogens is 466 g/mol. The van der Waals surface area contributed by atoms with Crippen molar-refractivity contribution in [2.45, 2.75) is 0 Å². The molecule has 0 aromatic heterocycles. The van der Waals surface area contributed by atoms with Gasteiger partial charge < -0.3 is 5.32 Å². The molecule has 0 radical (unpaired) electrons. The first-order valence-corrected chi connectivity index (χ1v) is 10.4. The number of carbonyl (C=O) groups excluding carboxylic acids is 2. The number of amides is 2. The van der Waals surface area contributed by atoms with Crippen molar-refractivity contribution in [3.05, 3.63) is 128 Å². The van der Waals surface area contributed by atoms with Gasteiger partial charge in [0.05, 0.1) is 15.4 Å². The molecule has 3 aromatic carbocycles. The Morgan fingerprint density at radius 1 is 0.833 bits per heavy atom. The van der Waals surface area contributed by atoms with Crippen LogP contribution in [0.2, 0.25) is 0 Å². The minimum Gasteiger partial charge on any atom is -0.317 e. The van der Waals surface area contributed by atoms with Gasteiger partial charge in [0.2, 0.25) is 0 Å². The van der Waals surface area contributed by atoms with E-state index in [1.54, 1.807) is 48.5 Å². The van der Waals surface area contributed by atoms with Crippen LogP contribution in [-0.4, -0.2) is 27.9 Å². The summed E-state index contributed by atoms with van der Waals surface area (Å²) in [4.78, 5) is 46.2. The zero-order valence-corrected chi connectivity index (χ0v) is 18.6. The first-order chi connectivity index (χ1) is 17.3. The summed E-state index contributed by atoms with van der Waals surface area (Å²) in [6.07, 6.45) is 5.43. The third kappa shape index (κ3) is 7.02. The van der Waals surface area contributed by atoms with Crippen LogP contribution in [-0.2, 0) is 4.79 Å². The number of non-ortho nitro benzene ring substituents is 1. The van der Waals surface area contributed by atoms with E-state index in [2.05, 4.69) is 15.8 Å². The monoisotopic (exact) mass is 485 g/mol. The van der Waals surface area contributed by atoms with Crippen molar-refractivity contribution < 1.29 is 19.4 Å². The van der Waals surface area contributed by atoms with Crippen molar-refractivity contribution in [3.63, 3.8) is 0 Å². The number of allylic oxidation sites excluding steroid dienone is 1. The molecule has 36 heavy (non-hydrogen) atoms. The maximum atomic E-state index is 12.7. The van der Waals surface area contributed by atoms with Crippen LogP contribution in [0, 0.1) is 20.2 Å². The molecular formula is C25H19N5O6.